The molecule has 0 spiro atoms. The minimum atomic E-state index is -0.798. The molecule has 2 unspecified atom stereocenters. The molecule has 26 heavy (non-hydrogen) atoms. The maximum atomic E-state index is 11.8. The van der Waals surface area contributed by atoms with Gasteiger partial charge in [0, 0.05) is 5.92 Å². The van der Waals surface area contributed by atoms with Crippen LogP contribution in [0.4, 0.5) is 0 Å². The van der Waals surface area contributed by atoms with E-state index >= 15 is 0 Å². The van der Waals surface area contributed by atoms with Crippen molar-refractivity contribution in [3.8, 4) is 0 Å². The van der Waals surface area contributed by atoms with Crippen molar-refractivity contribution < 1.29 is 9.90 Å². The summed E-state index contributed by atoms with van der Waals surface area (Å²) in [7, 11) is 0. The van der Waals surface area contributed by atoms with Crippen LogP contribution in [0.1, 0.15) is 61.4 Å². The number of carbonyl (C=O) groups is 1. The number of aliphatic carboxylic acids is 1. The Bertz CT molecular complexity index is 680. The third-order valence-electron chi connectivity index (χ3n) is 5.34. The summed E-state index contributed by atoms with van der Waals surface area (Å²) < 4.78 is 0. The Morgan fingerprint density at radius 3 is 2.58 bits per heavy atom. The van der Waals surface area contributed by atoms with Gasteiger partial charge in [0.2, 0.25) is 0 Å². The maximum absolute atomic E-state index is 11.8. The van der Waals surface area contributed by atoms with E-state index in [4.69, 9.17) is 0 Å². The van der Waals surface area contributed by atoms with Gasteiger partial charge < -0.3 is 10.4 Å². The molecule has 1 aliphatic rings. The van der Waals surface area contributed by atoms with E-state index in [9.17, 15) is 9.90 Å². The van der Waals surface area contributed by atoms with E-state index in [0.717, 1.165) is 25.1 Å². The fraction of sp³-hybridized carbons (Fsp3) is 0.579. The number of benzene rings is 1. The smallest absolute Gasteiger partial charge is 0.307 e. The van der Waals surface area contributed by atoms with Crippen molar-refractivity contribution in [1.82, 2.24) is 25.9 Å². The minimum absolute atomic E-state index is 0.282. The highest BCUT2D eigenvalue weighted by Gasteiger charge is 2.32. The predicted molar refractivity (Wildman–Crippen MR) is 97.9 cm³/mol. The Labute approximate surface area is 153 Å². The molecule has 3 rings (SSSR count). The lowest BCUT2D eigenvalue weighted by molar-refractivity contribution is -0.142. The summed E-state index contributed by atoms with van der Waals surface area (Å²) in [5.74, 6) is -0.496. The van der Waals surface area contributed by atoms with Crippen LogP contribution >= 0.6 is 0 Å². The van der Waals surface area contributed by atoms with Gasteiger partial charge in [-0.1, -0.05) is 42.8 Å². The number of hydrogen-bond donors (Lipinski definition) is 3. The molecule has 0 aliphatic carbocycles. The van der Waals surface area contributed by atoms with Crippen LogP contribution in [0.2, 0.25) is 0 Å². The monoisotopic (exact) mass is 357 g/mol. The van der Waals surface area contributed by atoms with Crippen LogP contribution in [0.3, 0.4) is 0 Å². The van der Waals surface area contributed by atoms with Gasteiger partial charge in [-0.2, -0.15) is 5.21 Å². The summed E-state index contributed by atoms with van der Waals surface area (Å²) in [5.41, 5.74) is 2.48. The van der Waals surface area contributed by atoms with Crippen LogP contribution in [-0.2, 0) is 11.2 Å². The number of piperidine rings is 1. The van der Waals surface area contributed by atoms with Crippen molar-refractivity contribution in [2.24, 2.45) is 5.92 Å². The highest BCUT2D eigenvalue weighted by molar-refractivity contribution is 5.71. The Hall–Kier alpha value is -2.28. The van der Waals surface area contributed by atoms with Gasteiger partial charge in [0.25, 0.3) is 0 Å². The molecule has 1 aromatic carbocycles. The van der Waals surface area contributed by atoms with Gasteiger partial charge in [0.1, 0.15) is 0 Å². The Kier molecular flexibility index (Phi) is 6.33. The molecule has 0 saturated carbocycles. The van der Waals surface area contributed by atoms with Crippen LogP contribution in [0, 0.1) is 5.92 Å². The first kappa shape index (κ1) is 18.5. The fourth-order valence-electron chi connectivity index (χ4n) is 3.88. The van der Waals surface area contributed by atoms with Crippen molar-refractivity contribution in [3.63, 3.8) is 0 Å². The molecule has 2 aromatic rings. The molecule has 140 valence electrons. The summed E-state index contributed by atoms with van der Waals surface area (Å²) in [6, 6.07) is 8.62. The molecule has 2 atom stereocenters. The molecular formula is C19H27N5O2. The lowest BCUT2D eigenvalue weighted by Gasteiger charge is -2.24. The third kappa shape index (κ3) is 4.46. The molecule has 1 fully saturated rings. The average molecular weight is 357 g/mol. The summed E-state index contributed by atoms with van der Waals surface area (Å²) in [6.07, 6.45) is 4.34. The summed E-state index contributed by atoms with van der Waals surface area (Å²) in [5, 5.41) is 27.3. The Balaban J connectivity index is 1.77. The number of hydrogen-bond acceptors (Lipinski definition) is 5. The molecule has 1 saturated heterocycles. The third-order valence-corrected chi connectivity index (χ3v) is 5.34. The van der Waals surface area contributed by atoms with Gasteiger partial charge in [-0.15, -0.1) is 10.2 Å². The molecule has 7 heteroatoms. The maximum Gasteiger partial charge on any atom is 0.307 e. The van der Waals surface area contributed by atoms with Gasteiger partial charge in [0.05, 0.1) is 5.92 Å². The SMILES string of the molecule is CCCC(C(=O)O)C(Cc1ccc(C2CCNCC2)cc1)c1nn[nH]n1. The summed E-state index contributed by atoms with van der Waals surface area (Å²) >= 11 is 0. The van der Waals surface area contributed by atoms with Crippen molar-refractivity contribution in [2.45, 2.75) is 50.9 Å². The van der Waals surface area contributed by atoms with Crippen molar-refractivity contribution >= 4 is 5.97 Å². The second-order valence-corrected chi connectivity index (χ2v) is 7.08. The van der Waals surface area contributed by atoms with E-state index in [1.807, 2.05) is 6.92 Å². The number of aromatic amines is 1. The number of carboxylic acids is 1. The molecule has 1 aromatic heterocycles. The molecule has 2 heterocycles. The van der Waals surface area contributed by atoms with E-state index < -0.39 is 11.9 Å². The zero-order chi connectivity index (χ0) is 18.4. The number of nitrogens with one attached hydrogen (secondary N) is 2. The van der Waals surface area contributed by atoms with Crippen molar-refractivity contribution in [1.29, 1.82) is 0 Å². The molecule has 0 amide bonds. The van der Waals surface area contributed by atoms with E-state index in [-0.39, 0.29) is 5.92 Å². The largest absolute Gasteiger partial charge is 0.481 e. The number of nitrogens with zero attached hydrogens (tertiary/aromatic N) is 3. The molecule has 0 radical (unpaired) electrons. The number of tetrazole rings is 1. The number of carboxylic acid groups (broad SMARTS) is 1. The van der Waals surface area contributed by atoms with Crippen LogP contribution in [-0.4, -0.2) is 44.8 Å². The topological polar surface area (TPSA) is 104 Å². The van der Waals surface area contributed by atoms with E-state index in [2.05, 4.69) is 50.2 Å². The first-order chi connectivity index (χ1) is 12.7. The Morgan fingerprint density at radius 1 is 1.27 bits per heavy atom. The average Bonchev–Trinajstić information content (AvgIpc) is 3.20. The second kappa shape index (κ2) is 8.89. The lowest BCUT2D eigenvalue weighted by atomic mass is 9.82. The van der Waals surface area contributed by atoms with Crippen LogP contribution in [0.25, 0.3) is 0 Å². The van der Waals surface area contributed by atoms with Crippen LogP contribution in [0.15, 0.2) is 24.3 Å². The van der Waals surface area contributed by atoms with E-state index in [1.54, 1.807) is 0 Å². The molecule has 0 bridgehead atoms. The van der Waals surface area contributed by atoms with Gasteiger partial charge in [0.15, 0.2) is 5.82 Å². The minimum Gasteiger partial charge on any atom is -0.481 e. The highest BCUT2D eigenvalue weighted by atomic mass is 16.4. The van der Waals surface area contributed by atoms with Crippen LogP contribution in [0.5, 0.6) is 0 Å². The normalized spacial score (nSPS) is 17.7. The van der Waals surface area contributed by atoms with E-state index in [0.29, 0.717) is 24.6 Å². The van der Waals surface area contributed by atoms with Crippen molar-refractivity contribution in [2.75, 3.05) is 13.1 Å². The quantitative estimate of drug-likeness (QED) is 0.670. The summed E-state index contributed by atoms with van der Waals surface area (Å²) in [4.78, 5) is 11.8. The predicted octanol–water partition coefficient (Wildman–Crippen LogP) is 2.49. The van der Waals surface area contributed by atoms with Crippen molar-refractivity contribution in [3.05, 3.63) is 41.2 Å². The highest BCUT2D eigenvalue weighted by Crippen LogP contribution is 2.31. The molecule has 7 nitrogen and oxygen atoms in total. The number of H-pyrrole nitrogens is 1. The first-order valence-corrected chi connectivity index (χ1v) is 9.44. The first-order valence-electron chi connectivity index (χ1n) is 9.44. The van der Waals surface area contributed by atoms with Gasteiger partial charge >= 0.3 is 5.97 Å². The molecule has 3 N–H and O–H groups in total. The number of aromatic nitrogens is 4. The Morgan fingerprint density at radius 2 is 2.00 bits per heavy atom. The lowest BCUT2D eigenvalue weighted by Crippen LogP contribution is -2.26. The number of rotatable bonds is 8. The fourth-order valence-corrected chi connectivity index (χ4v) is 3.88. The zero-order valence-corrected chi connectivity index (χ0v) is 15.2. The molecular weight excluding hydrogens is 330 g/mol. The molecule has 1 aliphatic heterocycles. The van der Waals surface area contributed by atoms with Gasteiger partial charge in [-0.25, -0.2) is 0 Å². The second-order valence-electron chi connectivity index (χ2n) is 7.08. The standard InChI is InChI=1S/C19H27N5O2/c1-2-3-16(19(25)26)17(18-21-23-24-22-18)12-13-4-6-14(7-5-13)15-8-10-20-11-9-15/h4-7,15-17,20H,2-3,8-12H2,1H3,(H,25,26)(H,21,22,23,24). The zero-order valence-electron chi connectivity index (χ0n) is 15.2. The summed E-state index contributed by atoms with van der Waals surface area (Å²) in [6.45, 7) is 4.14. The van der Waals surface area contributed by atoms with Gasteiger partial charge in [-0.05, 0) is 55.8 Å². The van der Waals surface area contributed by atoms with E-state index in [1.165, 1.54) is 18.4 Å². The van der Waals surface area contributed by atoms with Crippen LogP contribution < -0.4 is 5.32 Å². The van der Waals surface area contributed by atoms with Gasteiger partial charge in [-0.3, -0.25) is 4.79 Å².